The van der Waals surface area contributed by atoms with Gasteiger partial charge in [-0.1, -0.05) is 13.0 Å². The van der Waals surface area contributed by atoms with Gasteiger partial charge in [0, 0.05) is 23.9 Å². The number of likely N-dealkylation sites (N-methyl/N-ethyl adjacent to an activating group) is 1. The molecule has 0 aromatic carbocycles. The van der Waals surface area contributed by atoms with Crippen molar-refractivity contribution >= 4 is 17.2 Å². The summed E-state index contributed by atoms with van der Waals surface area (Å²) in [6.45, 7) is 5.95. The third-order valence-corrected chi connectivity index (χ3v) is 4.20. The molecule has 2 heterocycles. The van der Waals surface area contributed by atoms with Gasteiger partial charge in [-0.3, -0.25) is 4.79 Å². The second-order valence-electron chi connectivity index (χ2n) is 4.56. The van der Waals surface area contributed by atoms with Crippen molar-refractivity contribution in [1.29, 1.82) is 0 Å². The molecule has 1 aliphatic rings. The third-order valence-electron chi connectivity index (χ3n) is 3.30. The summed E-state index contributed by atoms with van der Waals surface area (Å²) in [4.78, 5) is 15.5. The van der Waals surface area contributed by atoms with Crippen LogP contribution >= 0.6 is 11.3 Å². The van der Waals surface area contributed by atoms with Crippen LogP contribution in [0, 0.1) is 0 Å². The Labute approximate surface area is 107 Å². The van der Waals surface area contributed by atoms with Crippen molar-refractivity contribution in [2.24, 2.45) is 0 Å². The summed E-state index contributed by atoms with van der Waals surface area (Å²) < 4.78 is 0. The van der Waals surface area contributed by atoms with Gasteiger partial charge in [0.05, 0.1) is 6.04 Å². The van der Waals surface area contributed by atoms with E-state index in [1.54, 1.807) is 11.3 Å². The van der Waals surface area contributed by atoms with Crippen LogP contribution in [0.15, 0.2) is 17.5 Å². The Balaban J connectivity index is 1.92. The van der Waals surface area contributed by atoms with Crippen LogP contribution < -0.4 is 5.32 Å². The SMILES string of the molecule is CCNC1CCN(C(C)Cc2cccs2)C1=O. The molecule has 4 heteroatoms. The average molecular weight is 252 g/mol. The third kappa shape index (κ3) is 2.87. The number of carbonyl (C=O) groups is 1. The van der Waals surface area contributed by atoms with Crippen LogP contribution in [0.5, 0.6) is 0 Å². The number of nitrogens with one attached hydrogen (secondary N) is 1. The molecule has 1 aromatic rings. The van der Waals surface area contributed by atoms with Gasteiger partial charge in [-0.15, -0.1) is 11.3 Å². The molecule has 1 aromatic heterocycles. The van der Waals surface area contributed by atoms with E-state index in [0.717, 1.165) is 25.9 Å². The summed E-state index contributed by atoms with van der Waals surface area (Å²) in [5.41, 5.74) is 0. The van der Waals surface area contributed by atoms with Crippen LogP contribution in [-0.2, 0) is 11.2 Å². The summed E-state index contributed by atoms with van der Waals surface area (Å²) in [6, 6.07) is 4.57. The van der Waals surface area contributed by atoms with Gasteiger partial charge in [-0.05, 0) is 31.3 Å². The highest BCUT2D eigenvalue weighted by atomic mass is 32.1. The molecule has 94 valence electrons. The first-order valence-corrected chi connectivity index (χ1v) is 7.16. The minimum atomic E-state index is 0.0470. The molecule has 1 amide bonds. The highest BCUT2D eigenvalue weighted by Gasteiger charge is 2.33. The van der Waals surface area contributed by atoms with Crippen LogP contribution in [0.3, 0.4) is 0 Å². The molecule has 3 nitrogen and oxygen atoms in total. The van der Waals surface area contributed by atoms with E-state index >= 15 is 0 Å². The summed E-state index contributed by atoms with van der Waals surface area (Å²) >= 11 is 1.77. The van der Waals surface area contributed by atoms with Crippen LogP contribution in [0.25, 0.3) is 0 Å². The lowest BCUT2D eigenvalue weighted by atomic mass is 10.2. The average Bonchev–Trinajstić information content (AvgIpc) is 2.91. The molecule has 17 heavy (non-hydrogen) atoms. The molecule has 0 spiro atoms. The molecule has 0 saturated carbocycles. The molecule has 1 N–H and O–H groups in total. The second kappa shape index (κ2) is 5.65. The number of carbonyl (C=O) groups excluding carboxylic acids is 1. The van der Waals surface area contributed by atoms with Crippen molar-refractivity contribution in [3.63, 3.8) is 0 Å². The Morgan fingerprint density at radius 2 is 2.47 bits per heavy atom. The largest absolute Gasteiger partial charge is 0.338 e. The maximum absolute atomic E-state index is 12.1. The van der Waals surface area contributed by atoms with Gasteiger partial charge in [0.15, 0.2) is 0 Å². The first kappa shape index (κ1) is 12.6. The van der Waals surface area contributed by atoms with Gasteiger partial charge >= 0.3 is 0 Å². The quantitative estimate of drug-likeness (QED) is 0.868. The molecule has 0 radical (unpaired) electrons. The highest BCUT2D eigenvalue weighted by Crippen LogP contribution is 2.19. The molecule has 0 bridgehead atoms. The number of thiophene rings is 1. The molecule has 2 rings (SSSR count). The van der Waals surface area contributed by atoms with E-state index in [9.17, 15) is 4.79 Å². The van der Waals surface area contributed by atoms with Gasteiger partial charge in [-0.25, -0.2) is 0 Å². The van der Waals surface area contributed by atoms with Crippen molar-refractivity contribution in [2.75, 3.05) is 13.1 Å². The van der Waals surface area contributed by atoms with Crippen molar-refractivity contribution in [1.82, 2.24) is 10.2 Å². The fourth-order valence-electron chi connectivity index (χ4n) is 2.41. The van der Waals surface area contributed by atoms with Gasteiger partial charge in [0.25, 0.3) is 0 Å². The van der Waals surface area contributed by atoms with E-state index in [2.05, 4.69) is 29.8 Å². The van der Waals surface area contributed by atoms with Gasteiger partial charge in [0.1, 0.15) is 0 Å². The topological polar surface area (TPSA) is 32.3 Å². The number of hydrogen-bond acceptors (Lipinski definition) is 3. The predicted molar refractivity (Wildman–Crippen MR) is 71.3 cm³/mol. The Morgan fingerprint density at radius 1 is 1.65 bits per heavy atom. The van der Waals surface area contributed by atoms with Crippen LogP contribution in [-0.4, -0.2) is 36.0 Å². The van der Waals surface area contributed by atoms with Crippen LogP contribution in [0.1, 0.15) is 25.1 Å². The number of hydrogen-bond donors (Lipinski definition) is 1. The molecular weight excluding hydrogens is 232 g/mol. The predicted octanol–water partition coefficient (Wildman–Crippen LogP) is 1.89. The fraction of sp³-hybridized carbons (Fsp3) is 0.615. The number of likely N-dealkylation sites (tertiary alicyclic amines) is 1. The summed E-state index contributed by atoms with van der Waals surface area (Å²) in [6.07, 6.45) is 1.92. The monoisotopic (exact) mass is 252 g/mol. The molecule has 2 unspecified atom stereocenters. The minimum Gasteiger partial charge on any atom is -0.338 e. The lowest BCUT2D eigenvalue weighted by Gasteiger charge is -2.24. The molecule has 1 aliphatic heterocycles. The zero-order valence-corrected chi connectivity index (χ0v) is 11.3. The van der Waals surface area contributed by atoms with Crippen LogP contribution in [0.2, 0.25) is 0 Å². The first-order chi connectivity index (χ1) is 8.22. The number of amides is 1. The normalized spacial score (nSPS) is 22.1. The lowest BCUT2D eigenvalue weighted by molar-refractivity contribution is -0.131. The van der Waals surface area contributed by atoms with Gasteiger partial charge in [-0.2, -0.15) is 0 Å². The molecule has 1 fully saturated rings. The summed E-state index contributed by atoms with van der Waals surface area (Å²) in [5, 5.41) is 5.34. The first-order valence-electron chi connectivity index (χ1n) is 6.28. The van der Waals surface area contributed by atoms with Gasteiger partial charge < -0.3 is 10.2 Å². The maximum Gasteiger partial charge on any atom is 0.240 e. The molecular formula is C13H20N2OS. The Morgan fingerprint density at radius 3 is 3.12 bits per heavy atom. The van der Waals surface area contributed by atoms with Crippen molar-refractivity contribution in [3.05, 3.63) is 22.4 Å². The van der Waals surface area contributed by atoms with E-state index in [-0.39, 0.29) is 11.9 Å². The van der Waals surface area contributed by atoms with Crippen LogP contribution in [0.4, 0.5) is 0 Å². The second-order valence-corrected chi connectivity index (χ2v) is 5.60. The fourth-order valence-corrected chi connectivity index (χ4v) is 3.23. The van der Waals surface area contributed by atoms with E-state index in [0.29, 0.717) is 6.04 Å². The van der Waals surface area contributed by atoms with Crippen molar-refractivity contribution in [3.8, 4) is 0 Å². The highest BCUT2D eigenvalue weighted by molar-refractivity contribution is 7.09. The molecule has 1 saturated heterocycles. The number of nitrogens with zero attached hydrogens (tertiary/aromatic N) is 1. The zero-order valence-electron chi connectivity index (χ0n) is 10.5. The van der Waals surface area contributed by atoms with Crippen molar-refractivity contribution in [2.45, 2.75) is 38.8 Å². The lowest BCUT2D eigenvalue weighted by Crippen LogP contribution is -2.42. The van der Waals surface area contributed by atoms with E-state index < -0.39 is 0 Å². The van der Waals surface area contributed by atoms with Gasteiger partial charge in [0.2, 0.25) is 5.91 Å². The standard InChI is InChI=1S/C13H20N2OS/c1-3-14-12-6-7-15(13(12)16)10(2)9-11-5-4-8-17-11/h4-5,8,10,12,14H,3,6-7,9H2,1-2H3. The molecule has 2 atom stereocenters. The minimum absolute atomic E-state index is 0.0470. The van der Waals surface area contributed by atoms with E-state index in [1.807, 2.05) is 11.8 Å². The Hall–Kier alpha value is -0.870. The summed E-state index contributed by atoms with van der Waals surface area (Å²) in [7, 11) is 0. The van der Waals surface area contributed by atoms with Crippen molar-refractivity contribution < 1.29 is 4.79 Å². The zero-order chi connectivity index (χ0) is 12.3. The summed E-state index contributed by atoms with van der Waals surface area (Å²) in [5.74, 6) is 0.274. The molecule has 0 aliphatic carbocycles. The Kier molecular flexibility index (Phi) is 4.18. The van der Waals surface area contributed by atoms with E-state index in [4.69, 9.17) is 0 Å². The smallest absolute Gasteiger partial charge is 0.240 e. The Bertz CT molecular complexity index is 364. The number of rotatable bonds is 5. The van der Waals surface area contributed by atoms with E-state index in [1.165, 1.54) is 4.88 Å². The maximum atomic E-state index is 12.1.